The van der Waals surface area contributed by atoms with Crippen molar-refractivity contribution in [3.05, 3.63) is 82.9 Å². The number of hydrogen-bond donors (Lipinski definition) is 2. The van der Waals surface area contributed by atoms with E-state index >= 15 is 0 Å². The Morgan fingerprint density at radius 1 is 1.10 bits per heavy atom. The number of pyridine rings is 1. The second-order valence-electron chi connectivity index (χ2n) is 11.1. The minimum atomic E-state index is -1.14. The van der Waals surface area contributed by atoms with Gasteiger partial charge in [0, 0.05) is 17.9 Å². The number of rotatable bonds is 8. The van der Waals surface area contributed by atoms with Crippen LogP contribution in [0.5, 0.6) is 0 Å². The predicted octanol–water partition coefficient (Wildman–Crippen LogP) is 4.72. The summed E-state index contributed by atoms with van der Waals surface area (Å²) in [6.45, 7) is 7.42. The van der Waals surface area contributed by atoms with Gasteiger partial charge in [0.05, 0.1) is 12.2 Å². The summed E-state index contributed by atoms with van der Waals surface area (Å²) >= 11 is 0. The molecule has 39 heavy (non-hydrogen) atoms. The first-order valence-corrected chi connectivity index (χ1v) is 13.5. The van der Waals surface area contributed by atoms with Gasteiger partial charge in [0.25, 0.3) is 5.56 Å². The molecule has 1 aromatic carbocycles. The molecular weight excluding hydrogens is 490 g/mol. The van der Waals surface area contributed by atoms with Crippen molar-refractivity contribution < 1.29 is 5.11 Å². The summed E-state index contributed by atoms with van der Waals surface area (Å²) in [5.74, 6) is 1.44. The molecule has 1 aliphatic carbocycles. The van der Waals surface area contributed by atoms with Crippen molar-refractivity contribution in [2.75, 3.05) is 19.4 Å². The van der Waals surface area contributed by atoms with E-state index in [-0.39, 0.29) is 12.1 Å². The van der Waals surface area contributed by atoms with E-state index in [1.807, 2.05) is 0 Å². The zero-order chi connectivity index (χ0) is 27.7. The van der Waals surface area contributed by atoms with E-state index in [1.165, 1.54) is 35.9 Å². The van der Waals surface area contributed by atoms with Crippen LogP contribution in [0.4, 0.5) is 11.6 Å². The van der Waals surface area contributed by atoms with Crippen LogP contribution < -0.4 is 10.9 Å². The van der Waals surface area contributed by atoms with Gasteiger partial charge in [-0.05, 0) is 89.4 Å². The maximum absolute atomic E-state index is 13.2. The van der Waals surface area contributed by atoms with E-state index in [4.69, 9.17) is 4.98 Å². The van der Waals surface area contributed by atoms with Crippen molar-refractivity contribution in [2.24, 2.45) is 0 Å². The Morgan fingerprint density at radius 2 is 1.82 bits per heavy atom. The molecule has 1 fully saturated rings. The maximum atomic E-state index is 13.2. The number of nitrogens with one attached hydrogen (secondary N) is 1. The fourth-order valence-corrected chi connectivity index (χ4v) is 5.38. The normalized spacial score (nSPS) is 18.0. The molecule has 204 valence electrons. The number of aromatic nitrogens is 5. The average molecular weight is 528 g/mol. The van der Waals surface area contributed by atoms with Crippen molar-refractivity contribution in [2.45, 2.75) is 63.6 Å². The van der Waals surface area contributed by atoms with Gasteiger partial charge in [0.15, 0.2) is 11.5 Å². The second-order valence-corrected chi connectivity index (χ2v) is 11.1. The summed E-state index contributed by atoms with van der Waals surface area (Å²) in [6.07, 6.45) is 8.06. The highest BCUT2D eigenvalue weighted by Crippen LogP contribution is 2.34. The highest BCUT2D eigenvalue weighted by atomic mass is 16.3. The first-order valence-electron chi connectivity index (χ1n) is 13.5. The lowest BCUT2D eigenvalue weighted by Crippen LogP contribution is -2.31. The van der Waals surface area contributed by atoms with E-state index in [0.29, 0.717) is 40.5 Å². The zero-order valence-electron chi connectivity index (χ0n) is 23.1. The summed E-state index contributed by atoms with van der Waals surface area (Å²) in [5, 5.41) is 14.2. The Morgan fingerprint density at radius 3 is 2.46 bits per heavy atom. The second kappa shape index (κ2) is 10.7. The molecule has 0 aliphatic heterocycles. The minimum Gasteiger partial charge on any atom is -0.384 e. The van der Waals surface area contributed by atoms with Gasteiger partial charge in [-0.1, -0.05) is 24.3 Å². The summed E-state index contributed by atoms with van der Waals surface area (Å²) < 4.78 is 3.18. The third-order valence-electron chi connectivity index (χ3n) is 7.62. The molecule has 0 saturated heterocycles. The molecule has 0 spiro atoms. The molecule has 0 bridgehead atoms. The van der Waals surface area contributed by atoms with Crippen LogP contribution in [0.25, 0.3) is 16.9 Å². The number of benzene rings is 1. The number of fused-ring (bicyclic) bond motifs is 1. The Bertz CT molecular complexity index is 1520. The van der Waals surface area contributed by atoms with Crippen molar-refractivity contribution in [3.8, 4) is 5.82 Å². The van der Waals surface area contributed by atoms with Crippen LogP contribution >= 0.6 is 0 Å². The van der Waals surface area contributed by atoms with Crippen molar-refractivity contribution in [1.29, 1.82) is 0 Å². The van der Waals surface area contributed by atoms with Crippen LogP contribution in [-0.2, 0) is 12.1 Å². The lowest BCUT2D eigenvalue weighted by Gasteiger charge is -2.32. The van der Waals surface area contributed by atoms with Crippen molar-refractivity contribution in [3.63, 3.8) is 0 Å². The van der Waals surface area contributed by atoms with Gasteiger partial charge in [-0.3, -0.25) is 4.79 Å². The lowest BCUT2D eigenvalue weighted by molar-refractivity contribution is 0.0738. The fourth-order valence-electron chi connectivity index (χ4n) is 5.38. The summed E-state index contributed by atoms with van der Waals surface area (Å²) in [4.78, 5) is 29.3. The van der Waals surface area contributed by atoms with Crippen LogP contribution in [0, 0.1) is 0 Å². The lowest BCUT2D eigenvalue weighted by atomic mass is 9.81. The zero-order valence-corrected chi connectivity index (χ0v) is 23.1. The largest absolute Gasteiger partial charge is 0.384 e. The molecule has 1 aliphatic rings. The molecule has 2 N–H and O–H groups in total. The van der Waals surface area contributed by atoms with Gasteiger partial charge in [0.2, 0.25) is 5.95 Å². The molecule has 4 aromatic rings. The van der Waals surface area contributed by atoms with E-state index in [9.17, 15) is 9.90 Å². The van der Waals surface area contributed by atoms with Crippen LogP contribution in [0.2, 0.25) is 0 Å². The Labute approximate surface area is 228 Å². The Hall–Kier alpha value is -3.82. The predicted molar refractivity (Wildman–Crippen MR) is 155 cm³/mol. The van der Waals surface area contributed by atoms with Crippen molar-refractivity contribution >= 4 is 22.7 Å². The van der Waals surface area contributed by atoms with E-state index in [2.05, 4.69) is 65.1 Å². The van der Waals surface area contributed by atoms with Gasteiger partial charge in [-0.25, -0.2) is 19.3 Å². The van der Waals surface area contributed by atoms with Gasteiger partial charge in [-0.2, -0.15) is 4.98 Å². The molecule has 9 heteroatoms. The topological polar surface area (TPSA) is 101 Å². The molecule has 3 heterocycles. The molecule has 5 rings (SSSR count). The number of allylic oxidation sites excluding steroid dienone is 1. The molecular formula is C30H37N7O2. The molecule has 1 saturated carbocycles. The van der Waals surface area contributed by atoms with Crippen molar-refractivity contribution in [1.82, 2.24) is 29.2 Å². The highest BCUT2D eigenvalue weighted by molar-refractivity contribution is 5.77. The van der Waals surface area contributed by atoms with E-state index in [1.54, 1.807) is 49.0 Å². The number of anilines is 2. The maximum Gasteiger partial charge on any atom is 0.278 e. The Kier molecular flexibility index (Phi) is 7.38. The summed E-state index contributed by atoms with van der Waals surface area (Å²) in [5.41, 5.74) is 1.78. The summed E-state index contributed by atoms with van der Waals surface area (Å²) in [6, 6.07) is 14.5. The minimum absolute atomic E-state index is 0.236. The smallest absolute Gasteiger partial charge is 0.278 e. The number of aliphatic hydroxyl groups is 1. The molecule has 0 unspecified atom stereocenters. The first kappa shape index (κ1) is 26.8. The average Bonchev–Trinajstić information content (AvgIpc) is 3.19. The van der Waals surface area contributed by atoms with E-state index in [0.717, 1.165) is 5.69 Å². The van der Waals surface area contributed by atoms with Crippen LogP contribution in [-0.4, -0.2) is 54.5 Å². The fraction of sp³-hybridized carbons (Fsp3) is 0.400. The SMILES string of the molecule is C=CCn1c(=O)c2cnc(Nc3ccc([C@H]4CC[C@H](N(C)C)CC4)cc3)nc2n1-c1cccc(C(C)(C)O)n1. The van der Waals surface area contributed by atoms with Crippen LogP contribution in [0.3, 0.4) is 0 Å². The third kappa shape index (κ3) is 5.51. The number of hydrogen-bond acceptors (Lipinski definition) is 7. The van der Waals surface area contributed by atoms with Gasteiger partial charge in [-0.15, -0.1) is 6.58 Å². The van der Waals surface area contributed by atoms with Gasteiger partial charge < -0.3 is 15.3 Å². The molecule has 9 nitrogen and oxygen atoms in total. The summed E-state index contributed by atoms with van der Waals surface area (Å²) in [7, 11) is 4.34. The Balaban J connectivity index is 1.44. The van der Waals surface area contributed by atoms with Crippen LogP contribution in [0.1, 0.15) is 56.7 Å². The number of nitrogens with zero attached hydrogens (tertiary/aromatic N) is 6. The molecule has 0 atom stereocenters. The van der Waals surface area contributed by atoms with E-state index < -0.39 is 5.60 Å². The highest BCUT2D eigenvalue weighted by Gasteiger charge is 2.24. The van der Waals surface area contributed by atoms with Gasteiger partial charge in [0.1, 0.15) is 11.0 Å². The first-order chi connectivity index (χ1) is 18.7. The van der Waals surface area contributed by atoms with Crippen LogP contribution in [0.15, 0.2) is 66.1 Å². The molecule has 0 radical (unpaired) electrons. The third-order valence-corrected chi connectivity index (χ3v) is 7.62. The standard InChI is InChI=1S/C30H37N7O2/c1-6-18-36-28(38)24-19-31-29(34-27(24)37(36)26-9-7-8-25(33-26)30(2,3)39)32-22-14-10-20(11-15-22)21-12-16-23(17-13-21)35(4)5/h6-11,14-15,19,21,23,39H,1,12-13,16-18H2,2-5H3,(H,31,32,34)/t21-,23-. The van der Waals surface area contributed by atoms with Gasteiger partial charge >= 0.3 is 0 Å². The molecule has 3 aromatic heterocycles. The monoisotopic (exact) mass is 527 g/mol. The quantitative estimate of drug-likeness (QED) is 0.320. The molecule has 0 amide bonds.